The molecule has 2 N–H and O–H groups in total. The van der Waals surface area contributed by atoms with Crippen LogP contribution in [0.3, 0.4) is 0 Å². The summed E-state index contributed by atoms with van der Waals surface area (Å²) in [5, 5.41) is 0. The smallest absolute Gasteiger partial charge is 0.165 e. The van der Waals surface area contributed by atoms with Crippen molar-refractivity contribution in [1.82, 2.24) is 0 Å². The molecule has 0 radical (unpaired) electrons. The second-order valence-electron chi connectivity index (χ2n) is 4.59. The second-order valence-corrected chi connectivity index (χ2v) is 4.59. The van der Waals surface area contributed by atoms with Crippen LogP contribution in [0.1, 0.15) is 19.8 Å². The standard InChI is InChI=1S/C13H20N2O/c1-10-5-4-8-15(9-10)12-7-3-6-11(14)13(12)16-2/h3,6-7,10H,4-5,8-9,14H2,1-2H3. The highest BCUT2D eigenvalue weighted by molar-refractivity contribution is 5.70. The fourth-order valence-electron chi connectivity index (χ4n) is 2.42. The molecule has 1 aromatic rings. The van der Waals surface area contributed by atoms with Crippen molar-refractivity contribution in [2.75, 3.05) is 30.8 Å². The number of benzene rings is 1. The number of nitrogens with zero attached hydrogens (tertiary/aromatic N) is 1. The summed E-state index contributed by atoms with van der Waals surface area (Å²) in [5.41, 5.74) is 7.78. The van der Waals surface area contributed by atoms with Crippen LogP contribution in [-0.2, 0) is 0 Å². The maximum Gasteiger partial charge on any atom is 0.165 e. The number of ether oxygens (including phenoxy) is 1. The van der Waals surface area contributed by atoms with Crippen LogP contribution < -0.4 is 15.4 Å². The first-order valence-electron chi connectivity index (χ1n) is 5.89. The van der Waals surface area contributed by atoms with Crippen LogP contribution in [0.15, 0.2) is 18.2 Å². The van der Waals surface area contributed by atoms with Crippen molar-refractivity contribution in [2.24, 2.45) is 5.92 Å². The molecular formula is C13H20N2O. The number of para-hydroxylation sites is 1. The molecule has 0 aliphatic carbocycles. The van der Waals surface area contributed by atoms with E-state index >= 15 is 0 Å². The molecule has 3 nitrogen and oxygen atoms in total. The number of hydrogen-bond acceptors (Lipinski definition) is 3. The Balaban J connectivity index is 2.28. The summed E-state index contributed by atoms with van der Waals surface area (Å²) in [6, 6.07) is 5.97. The summed E-state index contributed by atoms with van der Waals surface area (Å²) < 4.78 is 5.40. The Hall–Kier alpha value is -1.38. The van der Waals surface area contributed by atoms with Crippen LogP contribution in [-0.4, -0.2) is 20.2 Å². The van der Waals surface area contributed by atoms with Gasteiger partial charge in [0.05, 0.1) is 18.5 Å². The van der Waals surface area contributed by atoms with Gasteiger partial charge in [0.1, 0.15) is 0 Å². The van der Waals surface area contributed by atoms with Crippen molar-refractivity contribution < 1.29 is 4.74 Å². The first-order chi connectivity index (χ1) is 7.72. The maximum atomic E-state index is 5.92. The molecule has 0 bridgehead atoms. The third-order valence-corrected chi connectivity index (χ3v) is 3.23. The van der Waals surface area contributed by atoms with Crippen LogP contribution in [0.25, 0.3) is 0 Å². The van der Waals surface area contributed by atoms with Crippen molar-refractivity contribution in [1.29, 1.82) is 0 Å². The Morgan fingerprint density at radius 2 is 2.25 bits per heavy atom. The molecule has 16 heavy (non-hydrogen) atoms. The van der Waals surface area contributed by atoms with E-state index in [4.69, 9.17) is 10.5 Å². The van der Waals surface area contributed by atoms with E-state index < -0.39 is 0 Å². The minimum Gasteiger partial charge on any atom is -0.492 e. The summed E-state index contributed by atoms with van der Waals surface area (Å²) in [7, 11) is 1.68. The monoisotopic (exact) mass is 220 g/mol. The zero-order valence-electron chi connectivity index (χ0n) is 10.1. The van der Waals surface area contributed by atoms with Gasteiger partial charge >= 0.3 is 0 Å². The normalized spacial score (nSPS) is 20.9. The molecule has 0 aromatic heterocycles. The highest BCUT2D eigenvalue weighted by atomic mass is 16.5. The van der Waals surface area contributed by atoms with Gasteiger partial charge in [-0.3, -0.25) is 0 Å². The summed E-state index contributed by atoms with van der Waals surface area (Å²) in [6.45, 7) is 4.49. The van der Waals surface area contributed by atoms with E-state index in [-0.39, 0.29) is 0 Å². The first kappa shape index (κ1) is 11.1. The van der Waals surface area contributed by atoms with Gasteiger partial charge in [0.2, 0.25) is 0 Å². The summed E-state index contributed by atoms with van der Waals surface area (Å²) in [4.78, 5) is 2.38. The minimum atomic E-state index is 0.721. The van der Waals surface area contributed by atoms with Gasteiger partial charge in [0, 0.05) is 13.1 Å². The Bertz CT molecular complexity index is 365. The van der Waals surface area contributed by atoms with Crippen molar-refractivity contribution in [3.63, 3.8) is 0 Å². The number of anilines is 2. The summed E-state index contributed by atoms with van der Waals surface area (Å²) >= 11 is 0. The number of methoxy groups -OCH3 is 1. The zero-order chi connectivity index (χ0) is 11.5. The first-order valence-corrected chi connectivity index (χ1v) is 5.89. The van der Waals surface area contributed by atoms with Gasteiger partial charge in [-0.25, -0.2) is 0 Å². The number of hydrogen-bond donors (Lipinski definition) is 1. The predicted octanol–water partition coefficient (Wildman–Crippen LogP) is 2.51. The molecule has 1 fully saturated rings. The van der Waals surface area contributed by atoms with Gasteiger partial charge in [-0.15, -0.1) is 0 Å². The Labute approximate surface area is 97.2 Å². The molecule has 1 atom stereocenters. The predicted molar refractivity (Wildman–Crippen MR) is 68.0 cm³/mol. The number of nitrogen functional groups attached to an aromatic ring is 1. The number of piperidine rings is 1. The van der Waals surface area contributed by atoms with Gasteiger partial charge in [-0.1, -0.05) is 13.0 Å². The SMILES string of the molecule is COc1c(N)cccc1N1CCCC(C)C1. The van der Waals surface area contributed by atoms with E-state index in [0.717, 1.165) is 36.1 Å². The van der Waals surface area contributed by atoms with E-state index in [1.165, 1.54) is 12.8 Å². The van der Waals surface area contributed by atoms with Crippen molar-refractivity contribution in [3.05, 3.63) is 18.2 Å². The molecule has 1 saturated heterocycles. The summed E-state index contributed by atoms with van der Waals surface area (Å²) in [5.74, 6) is 1.57. The lowest BCUT2D eigenvalue weighted by Crippen LogP contribution is -2.34. The van der Waals surface area contributed by atoms with Crippen LogP contribution in [0, 0.1) is 5.92 Å². The highest BCUT2D eigenvalue weighted by Crippen LogP contribution is 2.35. The molecule has 2 rings (SSSR count). The Kier molecular flexibility index (Phi) is 3.22. The number of nitrogens with two attached hydrogens (primary N) is 1. The third-order valence-electron chi connectivity index (χ3n) is 3.23. The van der Waals surface area contributed by atoms with Crippen molar-refractivity contribution in [3.8, 4) is 5.75 Å². The van der Waals surface area contributed by atoms with Crippen molar-refractivity contribution in [2.45, 2.75) is 19.8 Å². The lowest BCUT2D eigenvalue weighted by Gasteiger charge is -2.33. The molecule has 1 aliphatic heterocycles. The van der Waals surface area contributed by atoms with Gasteiger partial charge in [-0.05, 0) is 30.9 Å². The number of rotatable bonds is 2. The van der Waals surface area contributed by atoms with E-state index in [1.807, 2.05) is 12.1 Å². The van der Waals surface area contributed by atoms with E-state index in [0.29, 0.717) is 0 Å². The van der Waals surface area contributed by atoms with Crippen molar-refractivity contribution >= 4 is 11.4 Å². The molecule has 0 amide bonds. The fourth-order valence-corrected chi connectivity index (χ4v) is 2.42. The van der Waals surface area contributed by atoms with E-state index in [2.05, 4.69) is 17.9 Å². The molecular weight excluding hydrogens is 200 g/mol. The molecule has 3 heteroatoms. The lowest BCUT2D eigenvalue weighted by molar-refractivity contribution is 0.406. The van der Waals surface area contributed by atoms with E-state index in [9.17, 15) is 0 Å². The van der Waals surface area contributed by atoms with Crippen LogP contribution in [0.5, 0.6) is 5.75 Å². The van der Waals surface area contributed by atoms with Crippen LogP contribution in [0.2, 0.25) is 0 Å². The van der Waals surface area contributed by atoms with Gasteiger partial charge in [-0.2, -0.15) is 0 Å². The van der Waals surface area contributed by atoms with Crippen LogP contribution in [0.4, 0.5) is 11.4 Å². The molecule has 1 aliphatic rings. The van der Waals surface area contributed by atoms with E-state index in [1.54, 1.807) is 7.11 Å². The highest BCUT2D eigenvalue weighted by Gasteiger charge is 2.20. The summed E-state index contributed by atoms with van der Waals surface area (Å²) in [6.07, 6.45) is 2.57. The quantitative estimate of drug-likeness (QED) is 0.778. The molecule has 1 heterocycles. The zero-order valence-corrected chi connectivity index (χ0v) is 10.1. The van der Waals surface area contributed by atoms with Gasteiger partial charge < -0.3 is 15.4 Å². The Morgan fingerprint density at radius 1 is 1.44 bits per heavy atom. The maximum absolute atomic E-state index is 5.92. The largest absolute Gasteiger partial charge is 0.492 e. The second kappa shape index (κ2) is 4.64. The fraction of sp³-hybridized carbons (Fsp3) is 0.538. The van der Waals surface area contributed by atoms with Crippen LogP contribution >= 0.6 is 0 Å². The Morgan fingerprint density at radius 3 is 2.94 bits per heavy atom. The minimum absolute atomic E-state index is 0.721. The topological polar surface area (TPSA) is 38.5 Å². The average Bonchev–Trinajstić information content (AvgIpc) is 2.28. The lowest BCUT2D eigenvalue weighted by atomic mass is 9.99. The molecule has 0 saturated carbocycles. The molecule has 88 valence electrons. The molecule has 1 unspecified atom stereocenters. The molecule has 1 aromatic carbocycles. The molecule has 0 spiro atoms. The average molecular weight is 220 g/mol. The van der Waals surface area contributed by atoms with Gasteiger partial charge in [0.25, 0.3) is 0 Å². The van der Waals surface area contributed by atoms with Gasteiger partial charge in [0.15, 0.2) is 5.75 Å². The third kappa shape index (κ3) is 2.08.